The minimum absolute atomic E-state index is 0.440. The van der Waals surface area contributed by atoms with E-state index in [-0.39, 0.29) is 0 Å². The molecular weight excluding hydrogens is 244 g/mol. The molecule has 100 valence electrons. The van der Waals surface area contributed by atoms with Gasteiger partial charge in [-0.2, -0.15) is 0 Å². The van der Waals surface area contributed by atoms with Crippen molar-refractivity contribution in [2.45, 2.75) is 18.9 Å². The Morgan fingerprint density at radius 3 is 2.75 bits per heavy atom. The maximum Gasteiger partial charge on any atom is 0.0456 e. The van der Waals surface area contributed by atoms with Gasteiger partial charge in [-0.25, -0.2) is 0 Å². The number of hydrogen-bond donors (Lipinski definition) is 2. The number of benzene rings is 2. The lowest BCUT2D eigenvalue weighted by molar-refractivity contribution is 0.508. The molecule has 3 aromatic rings. The highest BCUT2D eigenvalue weighted by Gasteiger charge is 2.25. The molecule has 0 fully saturated rings. The Kier molecular flexibility index (Phi) is 2.64. The van der Waals surface area contributed by atoms with Crippen molar-refractivity contribution in [2.75, 3.05) is 6.54 Å². The van der Waals surface area contributed by atoms with Gasteiger partial charge < -0.3 is 10.3 Å². The second-order valence-corrected chi connectivity index (χ2v) is 5.64. The van der Waals surface area contributed by atoms with Crippen LogP contribution in [0.4, 0.5) is 0 Å². The second kappa shape index (κ2) is 4.50. The molecule has 20 heavy (non-hydrogen) atoms. The summed E-state index contributed by atoms with van der Waals surface area (Å²) in [7, 11) is 0. The SMILES string of the molecule is CC1NCC(c2ccc3cc[nH]c3c2)c2ccccc21. The van der Waals surface area contributed by atoms with E-state index in [1.165, 1.54) is 27.6 Å². The molecule has 0 spiro atoms. The maximum absolute atomic E-state index is 3.62. The Balaban J connectivity index is 1.84. The molecule has 1 aliphatic heterocycles. The minimum Gasteiger partial charge on any atom is -0.361 e. The fourth-order valence-electron chi connectivity index (χ4n) is 3.32. The predicted molar refractivity (Wildman–Crippen MR) is 83.0 cm³/mol. The molecule has 4 rings (SSSR count). The molecule has 2 nitrogen and oxygen atoms in total. The zero-order valence-corrected chi connectivity index (χ0v) is 11.6. The van der Waals surface area contributed by atoms with E-state index < -0.39 is 0 Å². The third-order valence-electron chi connectivity index (χ3n) is 4.45. The van der Waals surface area contributed by atoms with Crippen molar-refractivity contribution in [1.82, 2.24) is 10.3 Å². The number of fused-ring (bicyclic) bond motifs is 2. The Labute approximate surface area is 118 Å². The van der Waals surface area contributed by atoms with Crippen LogP contribution in [0.2, 0.25) is 0 Å². The van der Waals surface area contributed by atoms with Crippen LogP contribution in [0.3, 0.4) is 0 Å². The largest absolute Gasteiger partial charge is 0.361 e. The lowest BCUT2D eigenvalue weighted by atomic mass is 9.83. The first-order chi connectivity index (χ1) is 9.83. The molecule has 0 radical (unpaired) electrons. The van der Waals surface area contributed by atoms with Crippen molar-refractivity contribution in [3.05, 3.63) is 71.4 Å². The Bertz CT molecular complexity index is 757. The monoisotopic (exact) mass is 262 g/mol. The van der Waals surface area contributed by atoms with Gasteiger partial charge in [0.05, 0.1) is 0 Å². The zero-order chi connectivity index (χ0) is 13.5. The van der Waals surface area contributed by atoms with E-state index in [0.29, 0.717) is 12.0 Å². The molecule has 0 bridgehead atoms. The van der Waals surface area contributed by atoms with Crippen LogP contribution < -0.4 is 5.32 Å². The van der Waals surface area contributed by atoms with Crippen molar-refractivity contribution < 1.29 is 0 Å². The summed E-state index contributed by atoms with van der Waals surface area (Å²) in [5.74, 6) is 0.440. The van der Waals surface area contributed by atoms with E-state index in [1.807, 2.05) is 6.20 Å². The van der Waals surface area contributed by atoms with Crippen LogP contribution >= 0.6 is 0 Å². The van der Waals surface area contributed by atoms with Gasteiger partial charge in [-0.15, -0.1) is 0 Å². The first-order valence-electron chi connectivity index (χ1n) is 7.22. The van der Waals surface area contributed by atoms with Gasteiger partial charge in [0.15, 0.2) is 0 Å². The van der Waals surface area contributed by atoms with Crippen LogP contribution in [0.1, 0.15) is 35.6 Å². The van der Waals surface area contributed by atoms with E-state index in [9.17, 15) is 0 Å². The summed E-state index contributed by atoms with van der Waals surface area (Å²) in [5, 5.41) is 4.90. The maximum atomic E-state index is 3.62. The third-order valence-corrected chi connectivity index (χ3v) is 4.45. The zero-order valence-electron chi connectivity index (χ0n) is 11.6. The predicted octanol–water partition coefficient (Wildman–Crippen LogP) is 3.96. The summed E-state index contributed by atoms with van der Waals surface area (Å²) in [6.07, 6.45) is 2.00. The van der Waals surface area contributed by atoms with Crippen molar-refractivity contribution in [1.29, 1.82) is 0 Å². The molecule has 2 unspecified atom stereocenters. The summed E-state index contributed by atoms with van der Waals surface area (Å²) in [5.41, 5.74) is 5.49. The average Bonchev–Trinajstić information content (AvgIpc) is 2.95. The van der Waals surface area contributed by atoms with E-state index >= 15 is 0 Å². The Morgan fingerprint density at radius 2 is 1.85 bits per heavy atom. The van der Waals surface area contributed by atoms with Crippen molar-refractivity contribution in [3.8, 4) is 0 Å². The van der Waals surface area contributed by atoms with Gasteiger partial charge in [0, 0.05) is 30.2 Å². The van der Waals surface area contributed by atoms with Gasteiger partial charge in [-0.05, 0) is 41.1 Å². The lowest BCUT2D eigenvalue weighted by Crippen LogP contribution is -2.31. The highest BCUT2D eigenvalue weighted by Crippen LogP contribution is 2.35. The number of hydrogen-bond acceptors (Lipinski definition) is 1. The van der Waals surface area contributed by atoms with E-state index in [2.05, 4.69) is 65.8 Å². The summed E-state index contributed by atoms with van der Waals surface area (Å²) >= 11 is 0. The van der Waals surface area contributed by atoms with Crippen LogP contribution in [-0.4, -0.2) is 11.5 Å². The standard InChI is InChI=1S/C18H18N2/c1-12-15-4-2-3-5-16(15)17(11-20-12)14-7-6-13-8-9-19-18(13)10-14/h2-10,12,17,19-20H,11H2,1H3. The third kappa shape index (κ3) is 1.76. The van der Waals surface area contributed by atoms with Gasteiger partial charge in [-0.3, -0.25) is 0 Å². The summed E-state index contributed by atoms with van der Waals surface area (Å²) in [4.78, 5) is 3.31. The van der Waals surface area contributed by atoms with Crippen LogP contribution in [0.5, 0.6) is 0 Å². The highest BCUT2D eigenvalue weighted by atomic mass is 14.9. The van der Waals surface area contributed by atoms with Crippen molar-refractivity contribution in [2.24, 2.45) is 0 Å². The molecule has 2 aromatic carbocycles. The van der Waals surface area contributed by atoms with Gasteiger partial charge in [0.1, 0.15) is 0 Å². The fourth-order valence-corrected chi connectivity index (χ4v) is 3.32. The van der Waals surface area contributed by atoms with Crippen LogP contribution in [0.25, 0.3) is 10.9 Å². The Hall–Kier alpha value is -2.06. The quantitative estimate of drug-likeness (QED) is 0.682. The molecule has 0 saturated carbocycles. The van der Waals surface area contributed by atoms with Crippen molar-refractivity contribution >= 4 is 10.9 Å². The number of rotatable bonds is 1. The highest BCUT2D eigenvalue weighted by molar-refractivity contribution is 5.80. The summed E-state index contributed by atoms with van der Waals surface area (Å²) in [6, 6.07) is 18.1. The number of H-pyrrole nitrogens is 1. The molecule has 2 atom stereocenters. The van der Waals surface area contributed by atoms with Crippen LogP contribution in [0, 0.1) is 0 Å². The van der Waals surface area contributed by atoms with Gasteiger partial charge >= 0.3 is 0 Å². The van der Waals surface area contributed by atoms with E-state index in [4.69, 9.17) is 0 Å². The number of aromatic amines is 1. The molecule has 1 aliphatic rings. The molecule has 0 amide bonds. The van der Waals surface area contributed by atoms with E-state index in [0.717, 1.165) is 6.54 Å². The lowest BCUT2D eigenvalue weighted by Gasteiger charge is -2.31. The topological polar surface area (TPSA) is 27.8 Å². The first kappa shape index (κ1) is 11.7. The van der Waals surface area contributed by atoms with Gasteiger partial charge in [-0.1, -0.05) is 36.4 Å². The smallest absolute Gasteiger partial charge is 0.0456 e. The van der Waals surface area contributed by atoms with Crippen LogP contribution in [-0.2, 0) is 0 Å². The summed E-state index contributed by atoms with van der Waals surface area (Å²) in [6.45, 7) is 3.24. The molecular formula is C18H18N2. The summed E-state index contributed by atoms with van der Waals surface area (Å²) < 4.78 is 0. The molecule has 1 aromatic heterocycles. The molecule has 2 heteroatoms. The molecule has 2 N–H and O–H groups in total. The minimum atomic E-state index is 0.440. The fraction of sp³-hybridized carbons (Fsp3) is 0.222. The molecule has 2 heterocycles. The molecule has 0 aliphatic carbocycles. The van der Waals surface area contributed by atoms with Crippen molar-refractivity contribution in [3.63, 3.8) is 0 Å². The van der Waals surface area contributed by atoms with Crippen LogP contribution in [0.15, 0.2) is 54.7 Å². The van der Waals surface area contributed by atoms with E-state index in [1.54, 1.807) is 0 Å². The number of aromatic nitrogens is 1. The van der Waals surface area contributed by atoms with Gasteiger partial charge in [0.2, 0.25) is 0 Å². The first-order valence-corrected chi connectivity index (χ1v) is 7.22. The van der Waals surface area contributed by atoms with Gasteiger partial charge in [0.25, 0.3) is 0 Å². The average molecular weight is 262 g/mol. The normalized spacial score (nSPS) is 21.9. The number of nitrogens with one attached hydrogen (secondary N) is 2. The second-order valence-electron chi connectivity index (χ2n) is 5.64. The molecule has 0 saturated heterocycles. The Morgan fingerprint density at radius 1 is 1.00 bits per heavy atom.